The normalized spacial score (nSPS) is 16.5. The third-order valence-corrected chi connectivity index (χ3v) is 21.8. The number of hydrogen-bond acceptors (Lipinski definition) is 2. The molecular weight excluding hydrogens is 415 g/mol. The van der Waals surface area contributed by atoms with Gasteiger partial charge in [0, 0.05) is 0 Å². The first-order valence-corrected chi connectivity index (χ1v) is 18.3. The van der Waals surface area contributed by atoms with Crippen molar-refractivity contribution in [2.45, 2.75) is 91.4 Å². The van der Waals surface area contributed by atoms with E-state index in [0.29, 0.717) is 5.92 Å². The van der Waals surface area contributed by atoms with E-state index < -0.39 is 18.4 Å². The van der Waals surface area contributed by atoms with Crippen LogP contribution in [0.25, 0.3) is 0 Å². The fourth-order valence-electron chi connectivity index (χ4n) is 4.56. The molecule has 1 fully saturated rings. The van der Waals surface area contributed by atoms with E-state index in [2.05, 4.69) is 38.6 Å². The van der Waals surface area contributed by atoms with Gasteiger partial charge in [-0.05, 0) is 0 Å². The number of imidazole rings is 1. The van der Waals surface area contributed by atoms with E-state index in [1.165, 1.54) is 57.7 Å². The van der Waals surface area contributed by atoms with Crippen LogP contribution in [-0.4, -0.2) is 41.1 Å². The van der Waals surface area contributed by atoms with E-state index in [4.69, 9.17) is 9.72 Å². The number of hydrogen-bond donors (Lipinski definition) is 0. The van der Waals surface area contributed by atoms with Gasteiger partial charge in [-0.25, -0.2) is 0 Å². The van der Waals surface area contributed by atoms with Crippen LogP contribution in [0.1, 0.15) is 83.9 Å². The first-order valence-electron chi connectivity index (χ1n) is 10.8. The molecule has 0 aromatic carbocycles. The molecular formula is C21H40N2OSn. The number of rotatable bonds is 11. The van der Waals surface area contributed by atoms with Crippen molar-refractivity contribution in [3.8, 4) is 0 Å². The fourth-order valence-corrected chi connectivity index (χ4v) is 21.0. The fraction of sp³-hybridized carbons (Fsp3) is 0.857. The SMILES string of the molecule is CCC[CH2][Sn]([CH2]CCC)([CH2]CCC)[c]1cnc(C2CCOCC2)n1C. The summed E-state index contributed by atoms with van der Waals surface area (Å²) in [7, 11) is 2.32. The van der Waals surface area contributed by atoms with E-state index >= 15 is 0 Å². The molecule has 0 atom stereocenters. The molecule has 0 N–H and O–H groups in total. The molecule has 0 amide bonds. The van der Waals surface area contributed by atoms with E-state index in [0.717, 1.165) is 26.1 Å². The van der Waals surface area contributed by atoms with Crippen LogP contribution >= 0.6 is 0 Å². The minimum atomic E-state index is -2.36. The van der Waals surface area contributed by atoms with Gasteiger partial charge in [0.15, 0.2) is 0 Å². The predicted molar refractivity (Wildman–Crippen MR) is 111 cm³/mol. The average Bonchev–Trinajstić information content (AvgIpc) is 3.04. The Morgan fingerprint density at radius 2 is 1.52 bits per heavy atom. The maximum absolute atomic E-state index is 5.57. The number of nitrogens with zero attached hydrogens (tertiary/aromatic N) is 2. The third-order valence-electron chi connectivity index (χ3n) is 6.18. The molecule has 4 heteroatoms. The van der Waals surface area contributed by atoms with Crippen LogP contribution in [0.3, 0.4) is 0 Å². The molecule has 2 heterocycles. The maximum atomic E-state index is 5.57. The summed E-state index contributed by atoms with van der Waals surface area (Å²) in [5, 5.41) is 0. The summed E-state index contributed by atoms with van der Waals surface area (Å²) in [5.41, 5.74) is 0. The molecule has 0 saturated carbocycles. The van der Waals surface area contributed by atoms with Crippen LogP contribution in [0.15, 0.2) is 6.20 Å². The predicted octanol–water partition coefficient (Wildman–Crippen LogP) is 5.37. The zero-order chi connectivity index (χ0) is 18.1. The summed E-state index contributed by atoms with van der Waals surface area (Å²) in [5.74, 6) is 1.96. The van der Waals surface area contributed by atoms with Gasteiger partial charge in [0.05, 0.1) is 0 Å². The zero-order valence-corrected chi connectivity index (χ0v) is 20.0. The monoisotopic (exact) mass is 456 g/mol. The molecule has 1 aliphatic heterocycles. The summed E-state index contributed by atoms with van der Waals surface area (Å²) in [6, 6.07) is 0. The molecule has 25 heavy (non-hydrogen) atoms. The Bertz CT molecular complexity index is 472. The van der Waals surface area contributed by atoms with Crippen molar-refractivity contribution in [3.05, 3.63) is 12.0 Å². The van der Waals surface area contributed by atoms with Crippen LogP contribution in [0.4, 0.5) is 0 Å². The Kier molecular flexibility index (Phi) is 9.32. The molecule has 1 aromatic rings. The van der Waals surface area contributed by atoms with Crippen molar-refractivity contribution in [2.75, 3.05) is 13.2 Å². The van der Waals surface area contributed by atoms with Crippen LogP contribution in [0.2, 0.25) is 13.3 Å². The molecule has 3 nitrogen and oxygen atoms in total. The summed E-state index contributed by atoms with van der Waals surface area (Å²) in [6.45, 7) is 8.87. The second-order valence-electron chi connectivity index (χ2n) is 8.04. The zero-order valence-electron chi connectivity index (χ0n) is 17.1. The quantitative estimate of drug-likeness (QED) is 0.420. The Balaban J connectivity index is 2.31. The summed E-state index contributed by atoms with van der Waals surface area (Å²) in [6.07, 6.45) is 12.9. The van der Waals surface area contributed by atoms with E-state index in [1.54, 1.807) is 3.71 Å². The molecule has 2 rings (SSSR count). The van der Waals surface area contributed by atoms with Gasteiger partial charge in [0.1, 0.15) is 0 Å². The topological polar surface area (TPSA) is 27.1 Å². The van der Waals surface area contributed by atoms with Gasteiger partial charge in [0.2, 0.25) is 0 Å². The summed E-state index contributed by atoms with van der Waals surface area (Å²) in [4.78, 5) is 4.99. The van der Waals surface area contributed by atoms with Gasteiger partial charge in [-0.15, -0.1) is 0 Å². The molecule has 0 aliphatic carbocycles. The molecule has 1 saturated heterocycles. The van der Waals surface area contributed by atoms with Gasteiger partial charge < -0.3 is 0 Å². The van der Waals surface area contributed by atoms with Gasteiger partial charge >= 0.3 is 160 Å². The van der Waals surface area contributed by atoms with Crippen molar-refractivity contribution < 1.29 is 4.74 Å². The molecule has 0 radical (unpaired) electrons. The standard InChI is InChI=1S/C9H13N2O.3C4H9.Sn/c1-11-5-4-10-9(11)8-2-6-12-7-3-8;3*1-3-4-2;/h4,8H,2-3,6-7H2,1H3;3*1,3-4H2,2H3;. The second-order valence-corrected chi connectivity index (χ2v) is 21.1. The number of ether oxygens (including phenoxy) is 1. The Morgan fingerprint density at radius 3 is 2.00 bits per heavy atom. The Labute approximate surface area is 159 Å². The molecule has 1 aliphatic rings. The molecule has 0 spiro atoms. The van der Waals surface area contributed by atoms with E-state index in [1.807, 2.05) is 0 Å². The first-order chi connectivity index (χ1) is 12.2. The molecule has 144 valence electrons. The van der Waals surface area contributed by atoms with Gasteiger partial charge in [0.25, 0.3) is 0 Å². The molecule has 0 bridgehead atoms. The van der Waals surface area contributed by atoms with E-state index in [-0.39, 0.29) is 0 Å². The third kappa shape index (κ3) is 5.47. The summed E-state index contributed by atoms with van der Waals surface area (Å²) < 4.78 is 14.4. The van der Waals surface area contributed by atoms with Crippen molar-refractivity contribution in [3.63, 3.8) is 0 Å². The Hall–Kier alpha value is -0.0313. The second kappa shape index (κ2) is 11.0. The van der Waals surface area contributed by atoms with Gasteiger partial charge in [-0.2, -0.15) is 0 Å². The first kappa shape index (κ1) is 21.3. The molecule has 0 unspecified atom stereocenters. The Morgan fingerprint density at radius 1 is 1.00 bits per heavy atom. The van der Waals surface area contributed by atoms with Gasteiger partial charge in [-0.3, -0.25) is 0 Å². The summed E-state index contributed by atoms with van der Waals surface area (Å²) >= 11 is -2.36. The average molecular weight is 455 g/mol. The van der Waals surface area contributed by atoms with Crippen molar-refractivity contribution in [1.29, 1.82) is 0 Å². The van der Waals surface area contributed by atoms with Crippen molar-refractivity contribution in [2.24, 2.45) is 7.05 Å². The van der Waals surface area contributed by atoms with Crippen molar-refractivity contribution in [1.82, 2.24) is 9.55 Å². The van der Waals surface area contributed by atoms with Gasteiger partial charge in [-0.1, -0.05) is 0 Å². The number of aromatic nitrogens is 2. The molecule has 1 aromatic heterocycles. The van der Waals surface area contributed by atoms with Crippen LogP contribution < -0.4 is 3.71 Å². The van der Waals surface area contributed by atoms with Crippen molar-refractivity contribution >= 4 is 22.1 Å². The van der Waals surface area contributed by atoms with Crippen LogP contribution in [-0.2, 0) is 11.8 Å². The van der Waals surface area contributed by atoms with Crippen LogP contribution in [0, 0.1) is 0 Å². The minimum absolute atomic E-state index is 0.611. The van der Waals surface area contributed by atoms with Crippen LogP contribution in [0.5, 0.6) is 0 Å². The van der Waals surface area contributed by atoms with E-state index in [9.17, 15) is 0 Å². The number of unbranched alkanes of at least 4 members (excludes halogenated alkanes) is 3.